The van der Waals surface area contributed by atoms with Crippen LogP contribution in [0, 0.1) is 11.7 Å². The fraction of sp³-hybridized carbons (Fsp3) is 0.562. The van der Waals surface area contributed by atoms with Gasteiger partial charge in [0.25, 0.3) is 5.91 Å². The van der Waals surface area contributed by atoms with Crippen LogP contribution in [0.15, 0.2) is 18.2 Å². The predicted octanol–water partition coefficient (Wildman–Crippen LogP) is 2.72. The first-order valence-corrected chi connectivity index (χ1v) is 7.43. The van der Waals surface area contributed by atoms with Crippen LogP contribution in [-0.4, -0.2) is 44.6 Å². The molecule has 1 amide bonds. The number of benzene rings is 1. The van der Waals surface area contributed by atoms with E-state index in [2.05, 4.69) is 5.32 Å². The smallest absolute Gasteiger partial charge is 0.253 e. The Bertz CT molecular complexity index is 491. The second-order valence-electron chi connectivity index (χ2n) is 5.48. The van der Waals surface area contributed by atoms with Crippen LogP contribution in [0.4, 0.5) is 4.39 Å². The third-order valence-corrected chi connectivity index (χ3v) is 4.10. The second kappa shape index (κ2) is 8.96. The van der Waals surface area contributed by atoms with Crippen molar-refractivity contribution in [2.24, 2.45) is 5.92 Å². The molecule has 0 atom stereocenters. The highest BCUT2D eigenvalue weighted by Crippen LogP contribution is 2.23. The first-order chi connectivity index (χ1) is 10.2. The quantitative estimate of drug-likeness (QED) is 0.902. The molecule has 1 aromatic rings. The Morgan fingerprint density at radius 1 is 1.41 bits per heavy atom. The summed E-state index contributed by atoms with van der Waals surface area (Å²) in [6, 6.07) is 4.28. The number of carbonyl (C=O) groups excluding carboxylic acids is 1. The summed E-state index contributed by atoms with van der Waals surface area (Å²) in [6.07, 6.45) is 3.22. The average molecular weight is 331 g/mol. The van der Waals surface area contributed by atoms with Crippen LogP contribution in [0.5, 0.6) is 5.75 Å². The number of halogens is 2. The third kappa shape index (κ3) is 4.58. The third-order valence-electron chi connectivity index (χ3n) is 4.10. The van der Waals surface area contributed by atoms with Crippen molar-refractivity contribution in [1.29, 1.82) is 0 Å². The lowest BCUT2D eigenvalue weighted by molar-refractivity contribution is 0.0686. The topological polar surface area (TPSA) is 41.6 Å². The molecule has 0 aromatic heterocycles. The van der Waals surface area contributed by atoms with Crippen molar-refractivity contribution in [3.63, 3.8) is 0 Å². The highest BCUT2D eigenvalue weighted by atomic mass is 35.5. The van der Waals surface area contributed by atoms with Crippen LogP contribution in [0.1, 0.15) is 29.6 Å². The van der Waals surface area contributed by atoms with Crippen molar-refractivity contribution >= 4 is 18.3 Å². The molecule has 6 heteroatoms. The number of nitrogens with zero attached hydrogens (tertiary/aromatic N) is 1. The van der Waals surface area contributed by atoms with Gasteiger partial charge in [-0.15, -0.1) is 12.4 Å². The van der Waals surface area contributed by atoms with E-state index >= 15 is 0 Å². The van der Waals surface area contributed by atoms with E-state index in [1.54, 1.807) is 0 Å². The first-order valence-electron chi connectivity index (χ1n) is 7.43. The van der Waals surface area contributed by atoms with E-state index in [4.69, 9.17) is 4.74 Å². The summed E-state index contributed by atoms with van der Waals surface area (Å²) in [6.45, 7) is 2.56. The molecule has 1 aliphatic heterocycles. The summed E-state index contributed by atoms with van der Waals surface area (Å²) in [4.78, 5) is 14.3. The maximum absolute atomic E-state index is 13.4. The number of hydrogen-bond acceptors (Lipinski definition) is 3. The summed E-state index contributed by atoms with van der Waals surface area (Å²) in [5.74, 6) is 0.314. The molecule has 1 aromatic carbocycles. The molecular formula is C16H24ClFN2O2. The van der Waals surface area contributed by atoms with Gasteiger partial charge < -0.3 is 15.0 Å². The first kappa shape index (κ1) is 18.7. The van der Waals surface area contributed by atoms with E-state index in [9.17, 15) is 9.18 Å². The van der Waals surface area contributed by atoms with Crippen molar-refractivity contribution < 1.29 is 13.9 Å². The lowest BCUT2D eigenvalue weighted by Crippen LogP contribution is -2.39. The maximum atomic E-state index is 13.4. The van der Waals surface area contributed by atoms with E-state index in [-0.39, 0.29) is 24.1 Å². The molecule has 0 spiro atoms. The highest BCUT2D eigenvalue weighted by molar-refractivity contribution is 5.94. The average Bonchev–Trinajstić information content (AvgIpc) is 2.53. The maximum Gasteiger partial charge on any atom is 0.253 e. The molecule has 124 valence electrons. The molecule has 0 bridgehead atoms. The molecule has 4 nitrogen and oxygen atoms in total. The van der Waals surface area contributed by atoms with Crippen LogP contribution in [0.25, 0.3) is 0 Å². The Morgan fingerprint density at radius 2 is 2.09 bits per heavy atom. The summed E-state index contributed by atoms with van der Waals surface area (Å²) in [5.41, 5.74) is 0.488. The number of methoxy groups -OCH3 is 1. The van der Waals surface area contributed by atoms with Crippen molar-refractivity contribution in [1.82, 2.24) is 10.2 Å². The van der Waals surface area contributed by atoms with Crippen LogP contribution in [-0.2, 0) is 0 Å². The molecule has 1 aliphatic rings. The van der Waals surface area contributed by atoms with E-state index in [1.807, 2.05) is 11.9 Å². The van der Waals surface area contributed by atoms with Crippen LogP contribution >= 0.6 is 12.4 Å². The second-order valence-corrected chi connectivity index (χ2v) is 5.48. The SMILES string of the molecule is CNCCC1CCN(C(=O)c2ccc(F)c(OC)c2)CC1.Cl. The van der Waals surface area contributed by atoms with E-state index in [0.29, 0.717) is 11.5 Å². The molecule has 0 unspecified atom stereocenters. The minimum Gasteiger partial charge on any atom is -0.494 e. The zero-order chi connectivity index (χ0) is 15.2. The van der Waals surface area contributed by atoms with Gasteiger partial charge in [0.05, 0.1) is 7.11 Å². The van der Waals surface area contributed by atoms with E-state index in [1.165, 1.54) is 25.3 Å². The van der Waals surface area contributed by atoms with E-state index in [0.717, 1.165) is 38.9 Å². The van der Waals surface area contributed by atoms with Gasteiger partial charge >= 0.3 is 0 Å². The van der Waals surface area contributed by atoms with Crippen LogP contribution in [0.3, 0.4) is 0 Å². The number of ether oxygens (including phenoxy) is 1. The number of carbonyl (C=O) groups is 1. The van der Waals surface area contributed by atoms with Gasteiger partial charge in [0, 0.05) is 18.7 Å². The monoisotopic (exact) mass is 330 g/mol. The molecule has 1 heterocycles. The van der Waals surface area contributed by atoms with Gasteiger partial charge in [-0.05, 0) is 57.0 Å². The Kier molecular flexibility index (Phi) is 7.62. The standard InChI is InChI=1S/C16H23FN2O2.ClH/c1-18-8-5-12-6-9-19(10-7-12)16(20)13-3-4-14(17)15(11-13)21-2;/h3-4,11-12,18H,5-10H2,1-2H3;1H. The number of amides is 1. The number of nitrogens with one attached hydrogen (secondary N) is 1. The molecule has 0 radical (unpaired) electrons. The zero-order valence-corrected chi connectivity index (χ0v) is 13.9. The van der Waals surface area contributed by atoms with Crippen molar-refractivity contribution in [3.8, 4) is 5.75 Å². The molecule has 22 heavy (non-hydrogen) atoms. The molecule has 0 aliphatic carbocycles. The molecule has 1 N–H and O–H groups in total. The number of rotatable bonds is 5. The molecule has 1 saturated heterocycles. The van der Waals surface area contributed by atoms with Crippen molar-refractivity contribution in [3.05, 3.63) is 29.6 Å². The van der Waals surface area contributed by atoms with Crippen molar-refractivity contribution in [2.45, 2.75) is 19.3 Å². The van der Waals surface area contributed by atoms with Gasteiger partial charge in [0.1, 0.15) is 0 Å². The van der Waals surface area contributed by atoms with Gasteiger partial charge in [-0.25, -0.2) is 4.39 Å². The summed E-state index contributed by atoms with van der Waals surface area (Å²) < 4.78 is 18.3. The van der Waals surface area contributed by atoms with Crippen molar-refractivity contribution in [2.75, 3.05) is 33.8 Å². The summed E-state index contributed by atoms with van der Waals surface area (Å²) in [7, 11) is 3.36. The molecule has 2 rings (SSSR count). The normalized spacial score (nSPS) is 15.3. The number of likely N-dealkylation sites (tertiary alicyclic amines) is 1. The number of hydrogen-bond donors (Lipinski definition) is 1. The van der Waals surface area contributed by atoms with Crippen LogP contribution < -0.4 is 10.1 Å². The summed E-state index contributed by atoms with van der Waals surface area (Å²) in [5, 5.41) is 3.16. The Hall–Kier alpha value is -1.33. The fourth-order valence-electron chi connectivity index (χ4n) is 2.75. The van der Waals surface area contributed by atoms with Gasteiger partial charge in [0.15, 0.2) is 11.6 Å². The van der Waals surface area contributed by atoms with Gasteiger partial charge in [-0.1, -0.05) is 0 Å². The predicted molar refractivity (Wildman–Crippen MR) is 87.4 cm³/mol. The largest absolute Gasteiger partial charge is 0.494 e. The summed E-state index contributed by atoms with van der Waals surface area (Å²) >= 11 is 0. The Morgan fingerprint density at radius 3 is 2.68 bits per heavy atom. The lowest BCUT2D eigenvalue weighted by atomic mass is 9.93. The molecular weight excluding hydrogens is 307 g/mol. The van der Waals surface area contributed by atoms with Crippen LogP contribution in [0.2, 0.25) is 0 Å². The zero-order valence-electron chi connectivity index (χ0n) is 13.1. The van der Waals surface area contributed by atoms with Gasteiger partial charge in [0.2, 0.25) is 0 Å². The minimum absolute atomic E-state index is 0. The fourth-order valence-corrected chi connectivity index (χ4v) is 2.75. The minimum atomic E-state index is -0.445. The lowest BCUT2D eigenvalue weighted by Gasteiger charge is -2.32. The highest BCUT2D eigenvalue weighted by Gasteiger charge is 2.23. The molecule has 0 saturated carbocycles. The van der Waals surface area contributed by atoms with Gasteiger partial charge in [-0.3, -0.25) is 4.79 Å². The van der Waals surface area contributed by atoms with Gasteiger partial charge in [-0.2, -0.15) is 0 Å². The Labute approximate surface area is 137 Å². The number of piperidine rings is 1. The Balaban J connectivity index is 0.00000242. The molecule has 1 fully saturated rings. The van der Waals surface area contributed by atoms with E-state index < -0.39 is 5.82 Å².